The van der Waals surface area contributed by atoms with Crippen LogP contribution in [0.1, 0.15) is 17.5 Å². The number of carbonyl (C=O) groups excluding carboxylic acids is 1. The Labute approximate surface area is 95.2 Å². The molecule has 0 heterocycles. The number of hydrogen-bond donors (Lipinski definition) is 2. The molecule has 0 aliphatic heterocycles. The Morgan fingerprint density at radius 1 is 1.44 bits per heavy atom. The highest BCUT2D eigenvalue weighted by Crippen LogP contribution is 2.04. The maximum atomic E-state index is 10.8. The quantitative estimate of drug-likeness (QED) is 0.554. The molecule has 0 amide bonds. The molecule has 1 aromatic carbocycles. The average Bonchev–Trinajstić information content (AvgIpc) is 2.34. The van der Waals surface area contributed by atoms with Crippen molar-refractivity contribution in [2.24, 2.45) is 0 Å². The fourth-order valence-corrected chi connectivity index (χ4v) is 1.36. The Morgan fingerprint density at radius 2 is 2.19 bits per heavy atom. The summed E-state index contributed by atoms with van der Waals surface area (Å²) in [6, 6.07) is 7.69. The van der Waals surface area contributed by atoms with Gasteiger partial charge in [-0.15, -0.1) is 0 Å². The van der Waals surface area contributed by atoms with E-state index in [4.69, 9.17) is 5.11 Å². The van der Waals surface area contributed by atoms with Crippen molar-refractivity contribution in [3.05, 3.63) is 35.4 Å². The highest BCUT2D eigenvalue weighted by molar-refractivity contribution is 5.69. The molecule has 0 unspecified atom stereocenters. The maximum Gasteiger partial charge on any atom is 0.306 e. The first-order valence-electron chi connectivity index (χ1n) is 5.22. The number of hydrogen-bond acceptors (Lipinski definition) is 4. The first-order chi connectivity index (χ1) is 7.76. The van der Waals surface area contributed by atoms with Crippen LogP contribution >= 0.6 is 0 Å². The van der Waals surface area contributed by atoms with Crippen molar-refractivity contribution in [2.45, 2.75) is 19.6 Å². The van der Waals surface area contributed by atoms with Crippen molar-refractivity contribution in [1.82, 2.24) is 5.32 Å². The zero-order valence-electron chi connectivity index (χ0n) is 9.40. The molecule has 0 aromatic heterocycles. The third-order valence-corrected chi connectivity index (χ3v) is 2.24. The number of aliphatic hydroxyl groups excluding tert-OH is 1. The van der Waals surface area contributed by atoms with Gasteiger partial charge in [0.15, 0.2) is 0 Å². The van der Waals surface area contributed by atoms with E-state index in [-0.39, 0.29) is 12.6 Å². The van der Waals surface area contributed by atoms with E-state index in [0.29, 0.717) is 19.5 Å². The normalized spacial score (nSPS) is 10.1. The molecule has 0 spiro atoms. The lowest BCUT2D eigenvalue weighted by Gasteiger charge is -2.05. The molecule has 0 aliphatic carbocycles. The molecule has 0 saturated carbocycles. The van der Waals surface area contributed by atoms with Crippen molar-refractivity contribution < 1.29 is 14.6 Å². The predicted molar refractivity (Wildman–Crippen MR) is 60.7 cm³/mol. The lowest BCUT2D eigenvalue weighted by molar-refractivity contribution is -0.140. The number of esters is 1. The molecule has 88 valence electrons. The lowest BCUT2D eigenvalue weighted by Crippen LogP contribution is -2.18. The first-order valence-corrected chi connectivity index (χ1v) is 5.22. The molecule has 4 heteroatoms. The van der Waals surface area contributed by atoms with Crippen LogP contribution in [0.5, 0.6) is 0 Å². The number of aliphatic hydroxyl groups is 1. The Hall–Kier alpha value is -1.39. The van der Waals surface area contributed by atoms with Gasteiger partial charge < -0.3 is 15.2 Å². The van der Waals surface area contributed by atoms with Crippen molar-refractivity contribution in [1.29, 1.82) is 0 Å². The number of ether oxygens (including phenoxy) is 1. The molecular weight excluding hydrogens is 206 g/mol. The Kier molecular flexibility index (Phi) is 5.53. The van der Waals surface area contributed by atoms with Gasteiger partial charge in [0, 0.05) is 13.1 Å². The summed E-state index contributed by atoms with van der Waals surface area (Å²) in [4.78, 5) is 10.8. The zero-order valence-corrected chi connectivity index (χ0v) is 9.40. The van der Waals surface area contributed by atoms with Gasteiger partial charge in [-0.1, -0.05) is 24.3 Å². The smallest absolute Gasteiger partial charge is 0.306 e. The summed E-state index contributed by atoms with van der Waals surface area (Å²) in [5.41, 5.74) is 1.99. The number of benzene rings is 1. The van der Waals surface area contributed by atoms with Crippen LogP contribution in [-0.2, 0) is 22.7 Å². The third-order valence-electron chi connectivity index (χ3n) is 2.24. The lowest BCUT2D eigenvalue weighted by atomic mass is 10.1. The molecule has 0 saturated heterocycles. The van der Waals surface area contributed by atoms with Gasteiger partial charge in [-0.3, -0.25) is 4.79 Å². The molecule has 1 aromatic rings. The van der Waals surface area contributed by atoms with Gasteiger partial charge in [0.2, 0.25) is 0 Å². The van der Waals surface area contributed by atoms with Crippen LogP contribution in [0.25, 0.3) is 0 Å². The molecule has 0 bridgehead atoms. The van der Waals surface area contributed by atoms with Gasteiger partial charge in [0.1, 0.15) is 0 Å². The van der Waals surface area contributed by atoms with Crippen molar-refractivity contribution in [3.8, 4) is 0 Å². The molecule has 2 N–H and O–H groups in total. The van der Waals surface area contributed by atoms with Crippen molar-refractivity contribution in [2.75, 3.05) is 13.7 Å². The highest BCUT2D eigenvalue weighted by atomic mass is 16.5. The fraction of sp³-hybridized carbons (Fsp3) is 0.417. The Morgan fingerprint density at radius 3 is 2.88 bits per heavy atom. The summed E-state index contributed by atoms with van der Waals surface area (Å²) in [7, 11) is 1.38. The third kappa shape index (κ3) is 4.42. The van der Waals surface area contributed by atoms with E-state index in [2.05, 4.69) is 10.1 Å². The molecule has 4 nitrogen and oxygen atoms in total. The second-order valence-corrected chi connectivity index (χ2v) is 3.48. The predicted octanol–water partition coefficient (Wildman–Crippen LogP) is 0.832. The van der Waals surface area contributed by atoms with Gasteiger partial charge in [0.25, 0.3) is 0 Å². The van der Waals surface area contributed by atoms with E-state index in [1.165, 1.54) is 7.11 Å². The van der Waals surface area contributed by atoms with E-state index in [1.807, 2.05) is 24.3 Å². The Bertz CT molecular complexity index is 339. The molecule has 0 atom stereocenters. The molecule has 0 fully saturated rings. The van der Waals surface area contributed by atoms with Crippen LogP contribution in [-0.4, -0.2) is 24.7 Å². The maximum absolute atomic E-state index is 10.8. The van der Waals surface area contributed by atoms with Crippen LogP contribution in [0.2, 0.25) is 0 Å². The van der Waals surface area contributed by atoms with E-state index in [0.717, 1.165) is 11.1 Å². The number of carbonyl (C=O) groups is 1. The highest BCUT2D eigenvalue weighted by Gasteiger charge is 1.99. The zero-order chi connectivity index (χ0) is 11.8. The van der Waals surface area contributed by atoms with Crippen molar-refractivity contribution in [3.63, 3.8) is 0 Å². The van der Waals surface area contributed by atoms with Crippen LogP contribution in [0.4, 0.5) is 0 Å². The van der Waals surface area contributed by atoms with Gasteiger partial charge in [-0.05, 0) is 11.1 Å². The minimum Gasteiger partial charge on any atom is -0.469 e. The van der Waals surface area contributed by atoms with E-state index < -0.39 is 0 Å². The average molecular weight is 223 g/mol. The molecular formula is C12H17NO3. The van der Waals surface area contributed by atoms with E-state index in [1.54, 1.807) is 0 Å². The van der Waals surface area contributed by atoms with Gasteiger partial charge in [0.05, 0.1) is 20.1 Å². The standard InChI is InChI=1S/C12H17NO3/c1-16-12(15)5-6-13-8-10-3-2-4-11(7-10)9-14/h2-4,7,13-14H,5-6,8-9H2,1H3. The van der Waals surface area contributed by atoms with Gasteiger partial charge in [-0.25, -0.2) is 0 Å². The largest absolute Gasteiger partial charge is 0.469 e. The number of methoxy groups -OCH3 is 1. The summed E-state index contributed by atoms with van der Waals surface area (Å²) >= 11 is 0. The summed E-state index contributed by atoms with van der Waals surface area (Å²) < 4.78 is 4.53. The van der Waals surface area contributed by atoms with Gasteiger partial charge in [-0.2, -0.15) is 0 Å². The number of nitrogens with one attached hydrogen (secondary N) is 1. The minimum atomic E-state index is -0.211. The molecule has 0 aliphatic rings. The van der Waals surface area contributed by atoms with Crippen LogP contribution in [0.15, 0.2) is 24.3 Å². The molecule has 16 heavy (non-hydrogen) atoms. The Balaban J connectivity index is 2.28. The van der Waals surface area contributed by atoms with Crippen LogP contribution in [0.3, 0.4) is 0 Å². The van der Waals surface area contributed by atoms with E-state index >= 15 is 0 Å². The minimum absolute atomic E-state index is 0.0516. The van der Waals surface area contributed by atoms with Crippen molar-refractivity contribution >= 4 is 5.97 Å². The number of rotatable bonds is 6. The topological polar surface area (TPSA) is 58.6 Å². The summed E-state index contributed by atoms with van der Waals surface area (Å²) in [6.45, 7) is 1.33. The second-order valence-electron chi connectivity index (χ2n) is 3.48. The summed E-state index contributed by atoms with van der Waals surface area (Å²) in [5, 5.41) is 12.1. The van der Waals surface area contributed by atoms with Crippen LogP contribution < -0.4 is 5.32 Å². The second kappa shape index (κ2) is 6.98. The fourth-order valence-electron chi connectivity index (χ4n) is 1.36. The SMILES string of the molecule is COC(=O)CCNCc1cccc(CO)c1. The monoisotopic (exact) mass is 223 g/mol. The summed E-state index contributed by atoms with van der Waals surface area (Å²) in [6.07, 6.45) is 0.371. The van der Waals surface area contributed by atoms with E-state index in [9.17, 15) is 4.79 Å². The van der Waals surface area contributed by atoms with Gasteiger partial charge >= 0.3 is 5.97 Å². The van der Waals surface area contributed by atoms with Crippen LogP contribution in [0, 0.1) is 0 Å². The molecule has 1 rings (SSSR count). The summed E-state index contributed by atoms with van der Waals surface area (Å²) in [5.74, 6) is -0.211. The molecule has 0 radical (unpaired) electrons. The first kappa shape index (κ1) is 12.7.